The van der Waals surface area contributed by atoms with E-state index < -0.39 is 0 Å². The first-order chi connectivity index (χ1) is 7.29. The van der Waals surface area contributed by atoms with E-state index in [0.717, 1.165) is 23.7 Å². The lowest BCUT2D eigenvalue weighted by molar-refractivity contribution is -1.06. The molecule has 3 aliphatic rings. The number of nitrogens with two attached hydrogens (primary N) is 1. The summed E-state index contributed by atoms with van der Waals surface area (Å²) in [4.78, 5) is 4.29. The number of hydroxylamine groups is 2. The van der Waals surface area contributed by atoms with Gasteiger partial charge >= 0.3 is 0 Å². The van der Waals surface area contributed by atoms with Crippen LogP contribution in [0.5, 0.6) is 0 Å². The second-order valence-electron chi connectivity index (χ2n) is 5.61. The van der Waals surface area contributed by atoms with E-state index in [4.69, 9.17) is 5.90 Å². The highest BCUT2D eigenvalue weighted by molar-refractivity contribution is 5.02. The average Bonchev–Trinajstić information content (AvgIpc) is 2.87. The molecule has 3 N–H and O–H groups in total. The van der Waals surface area contributed by atoms with Gasteiger partial charge in [-0.3, -0.25) is 0 Å². The molecule has 0 aromatic rings. The predicted molar refractivity (Wildman–Crippen MR) is 55.0 cm³/mol. The SMILES string of the molecule is NO[NH+]([O-])CC1CC2CC1C1CCCC21. The second kappa shape index (κ2) is 3.70. The molecule has 0 aromatic heterocycles. The van der Waals surface area contributed by atoms with Crippen LogP contribution in [0, 0.1) is 34.8 Å². The lowest BCUT2D eigenvalue weighted by Crippen LogP contribution is -3.08. The largest absolute Gasteiger partial charge is 0.598 e. The maximum Gasteiger partial charge on any atom is 0.112 e. The van der Waals surface area contributed by atoms with Crippen molar-refractivity contribution < 1.29 is 10.2 Å². The first-order valence-corrected chi connectivity index (χ1v) is 6.19. The Hall–Kier alpha value is -0.160. The minimum Gasteiger partial charge on any atom is -0.598 e. The highest BCUT2D eigenvalue weighted by Crippen LogP contribution is 2.60. The van der Waals surface area contributed by atoms with Crippen LogP contribution in [-0.2, 0) is 4.94 Å². The average molecular weight is 212 g/mol. The van der Waals surface area contributed by atoms with E-state index in [-0.39, 0.29) is 5.23 Å². The van der Waals surface area contributed by atoms with Crippen molar-refractivity contribution in [3.63, 3.8) is 0 Å². The Morgan fingerprint density at radius 1 is 1.20 bits per heavy atom. The third kappa shape index (κ3) is 1.51. The fraction of sp³-hybridized carbons (Fsp3) is 1.00. The van der Waals surface area contributed by atoms with Gasteiger partial charge in [-0.1, -0.05) is 6.42 Å². The number of quaternary nitrogens is 1. The molecule has 2 bridgehead atoms. The van der Waals surface area contributed by atoms with Crippen molar-refractivity contribution in [1.29, 1.82) is 0 Å². The van der Waals surface area contributed by atoms with Crippen LogP contribution in [0.15, 0.2) is 0 Å². The van der Waals surface area contributed by atoms with Gasteiger partial charge in [-0.2, -0.15) is 5.90 Å². The zero-order valence-corrected chi connectivity index (χ0v) is 9.02. The second-order valence-corrected chi connectivity index (χ2v) is 5.61. The Kier molecular flexibility index (Phi) is 2.47. The molecule has 6 unspecified atom stereocenters. The van der Waals surface area contributed by atoms with Crippen molar-refractivity contribution in [3.8, 4) is 0 Å². The van der Waals surface area contributed by atoms with Crippen molar-refractivity contribution in [1.82, 2.24) is 0 Å². The maximum absolute atomic E-state index is 11.2. The molecule has 0 saturated heterocycles. The van der Waals surface area contributed by atoms with Crippen LogP contribution in [0.1, 0.15) is 32.1 Å². The van der Waals surface area contributed by atoms with E-state index in [1.54, 1.807) is 0 Å². The minimum atomic E-state index is -0.220. The number of fused-ring (bicyclic) bond motifs is 5. The van der Waals surface area contributed by atoms with Crippen LogP contribution >= 0.6 is 0 Å². The molecule has 0 radical (unpaired) electrons. The molecule has 3 saturated carbocycles. The maximum atomic E-state index is 11.2. The third-order valence-corrected chi connectivity index (χ3v) is 5.13. The van der Waals surface area contributed by atoms with Gasteiger partial charge in [-0.05, 0) is 49.4 Å². The minimum absolute atomic E-state index is 0.220. The molecule has 4 heteroatoms. The molecular weight excluding hydrogens is 192 g/mol. The zero-order chi connectivity index (χ0) is 10.4. The van der Waals surface area contributed by atoms with Crippen LogP contribution < -0.4 is 11.1 Å². The molecule has 86 valence electrons. The van der Waals surface area contributed by atoms with Crippen LogP contribution in [0.4, 0.5) is 0 Å². The van der Waals surface area contributed by atoms with Gasteiger partial charge in [-0.15, -0.1) is 4.94 Å². The first-order valence-electron chi connectivity index (χ1n) is 6.19. The van der Waals surface area contributed by atoms with E-state index in [0.29, 0.717) is 12.5 Å². The van der Waals surface area contributed by atoms with Crippen molar-refractivity contribution >= 4 is 0 Å². The summed E-state index contributed by atoms with van der Waals surface area (Å²) in [5, 5.41) is 11.0. The summed E-state index contributed by atoms with van der Waals surface area (Å²) in [6.07, 6.45) is 6.88. The summed E-state index contributed by atoms with van der Waals surface area (Å²) >= 11 is 0. The van der Waals surface area contributed by atoms with Crippen molar-refractivity contribution in [2.45, 2.75) is 32.1 Å². The van der Waals surface area contributed by atoms with Gasteiger partial charge < -0.3 is 5.21 Å². The number of rotatable bonds is 3. The highest BCUT2D eigenvalue weighted by atomic mass is 16.9. The van der Waals surface area contributed by atoms with Crippen molar-refractivity contribution in [3.05, 3.63) is 5.21 Å². The van der Waals surface area contributed by atoms with Crippen LogP contribution in [0.2, 0.25) is 0 Å². The summed E-state index contributed by atoms with van der Waals surface area (Å²) in [6.45, 7) is 0.556. The van der Waals surface area contributed by atoms with Crippen molar-refractivity contribution in [2.75, 3.05) is 6.54 Å². The van der Waals surface area contributed by atoms with E-state index in [2.05, 4.69) is 4.94 Å². The Balaban J connectivity index is 1.65. The molecule has 0 amide bonds. The molecule has 15 heavy (non-hydrogen) atoms. The molecular formula is C11H20N2O2. The van der Waals surface area contributed by atoms with Gasteiger partial charge in [-0.25, -0.2) is 5.23 Å². The lowest BCUT2D eigenvalue weighted by atomic mass is 9.76. The van der Waals surface area contributed by atoms with Gasteiger partial charge in [0, 0.05) is 5.92 Å². The summed E-state index contributed by atoms with van der Waals surface area (Å²) < 4.78 is 0. The van der Waals surface area contributed by atoms with E-state index >= 15 is 0 Å². The normalized spacial score (nSPS) is 49.6. The van der Waals surface area contributed by atoms with Gasteiger partial charge in [0.05, 0.1) is 0 Å². The first kappa shape index (κ1) is 10.0. The van der Waals surface area contributed by atoms with E-state index in [1.807, 2.05) is 0 Å². The monoisotopic (exact) mass is 212 g/mol. The van der Waals surface area contributed by atoms with Gasteiger partial charge in [0.15, 0.2) is 0 Å². The number of nitrogens with one attached hydrogen (secondary N) is 1. The third-order valence-electron chi connectivity index (χ3n) is 5.13. The zero-order valence-electron chi connectivity index (χ0n) is 9.02. The molecule has 3 rings (SSSR count). The molecule has 6 atom stereocenters. The molecule has 0 aliphatic heterocycles. The van der Waals surface area contributed by atoms with Crippen LogP contribution in [0.25, 0.3) is 0 Å². The predicted octanol–water partition coefficient (Wildman–Crippen LogP) is 0.247. The fourth-order valence-electron chi connectivity index (χ4n) is 4.71. The van der Waals surface area contributed by atoms with Crippen LogP contribution in [0.3, 0.4) is 0 Å². The summed E-state index contributed by atoms with van der Waals surface area (Å²) in [5.74, 6) is 9.13. The molecule has 3 fully saturated rings. The molecule has 4 nitrogen and oxygen atoms in total. The van der Waals surface area contributed by atoms with E-state index in [1.165, 1.54) is 32.1 Å². The molecule has 0 aromatic carbocycles. The van der Waals surface area contributed by atoms with E-state index in [9.17, 15) is 5.21 Å². The van der Waals surface area contributed by atoms with Gasteiger partial charge in [0.25, 0.3) is 0 Å². The van der Waals surface area contributed by atoms with Gasteiger partial charge in [0.2, 0.25) is 0 Å². The molecule has 3 aliphatic carbocycles. The molecule has 0 spiro atoms. The Labute approximate surface area is 90.2 Å². The lowest BCUT2D eigenvalue weighted by Gasteiger charge is -2.32. The quantitative estimate of drug-likeness (QED) is 0.659. The van der Waals surface area contributed by atoms with Crippen molar-refractivity contribution in [2.24, 2.45) is 35.5 Å². The summed E-state index contributed by atoms with van der Waals surface area (Å²) in [7, 11) is 0. The van der Waals surface area contributed by atoms with Gasteiger partial charge in [0.1, 0.15) is 6.54 Å². The summed E-state index contributed by atoms with van der Waals surface area (Å²) in [5.41, 5.74) is 0. The molecule has 0 heterocycles. The topological polar surface area (TPSA) is 62.8 Å². The Morgan fingerprint density at radius 3 is 2.80 bits per heavy atom. The highest BCUT2D eigenvalue weighted by Gasteiger charge is 2.54. The smallest absolute Gasteiger partial charge is 0.112 e. The summed E-state index contributed by atoms with van der Waals surface area (Å²) in [6, 6.07) is 0. The number of hydrogen-bond donors (Lipinski definition) is 2. The standard InChI is InChI=1S/C11H20N2O2/c12-15-13(14)6-8-4-7-5-11(8)10-3-1-2-9(7)10/h7-11,13H,1-6,12H2. The Morgan fingerprint density at radius 2 is 2.00 bits per heavy atom. The fourth-order valence-corrected chi connectivity index (χ4v) is 4.71. The van der Waals surface area contributed by atoms with Crippen LogP contribution in [-0.4, -0.2) is 6.54 Å². The number of hydrogen-bond acceptors (Lipinski definition) is 3. The Bertz CT molecular complexity index is 249.